The number of rotatable bonds is 2. The largest absolute Gasteiger partial charge is 0.339 e. The van der Waals surface area contributed by atoms with E-state index < -0.39 is 0 Å². The number of hydrogen-bond acceptors (Lipinski definition) is 2. The van der Waals surface area contributed by atoms with Crippen LogP contribution >= 0.6 is 11.6 Å². The van der Waals surface area contributed by atoms with Crippen molar-refractivity contribution in [2.45, 2.75) is 38.1 Å². The summed E-state index contributed by atoms with van der Waals surface area (Å²) in [6.45, 7) is 0.547. The molecule has 1 heterocycles. The van der Waals surface area contributed by atoms with Crippen LogP contribution in [0.4, 0.5) is 0 Å². The zero-order valence-corrected chi connectivity index (χ0v) is 8.79. The molecule has 4 heteroatoms. The predicted octanol–water partition coefficient (Wildman–Crippen LogP) is 1.54. The van der Waals surface area contributed by atoms with Gasteiger partial charge in [0.2, 0.25) is 11.1 Å². The van der Waals surface area contributed by atoms with Crippen LogP contribution in [0.25, 0.3) is 0 Å². The second-order valence-electron chi connectivity index (χ2n) is 4.19. The topological polar surface area (TPSA) is 37.4 Å². The van der Waals surface area contributed by atoms with Crippen LogP contribution in [0.5, 0.6) is 0 Å². The van der Waals surface area contributed by atoms with E-state index in [4.69, 9.17) is 11.6 Å². The van der Waals surface area contributed by atoms with Crippen molar-refractivity contribution in [1.82, 2.24) is 4.90 Å². The molecule has 3 nitrogen and oxygen atoms in total. The summed E-state index contributed by atoms with van der Waals surface area (Å²) in [4.78, 5) is 24.4. The molecule has 0 radical (unpaired) electrons. The van der Waals surface area contributed by atoms with Crippen LogP contribution in [0.15, 0.2) is 0 Å². The Kier molecular flexibility index (Phi) is 2.77. The predicted molar refractivity (Wildman–Crippen MR) is 52.9 cm³/mol. The van der Waals surface area contributed by atoms with Gasteiger partial charge in [0, 0.05) is 19.0 Å². The second kappa shape index (κ2) is 3.89. The average molecular weight is 216 g/mol. The van der Waals surface area contributed by atoms with Gasteiger partial charge in [-0.05, 0) is 24.4 Å². The van der Waals surface area contributed by atoms with E-state index in [2.05, 4.69) is 0 Å². The Hall–Kier alpha value is -0.570. The summed E-state index contributed by atoms with van der Waals surface area (Å²) in [6, 6.07) is 0.378. The monoisotopic (exact) mass is 215 g/mol. The van der Waals surface area contributed by atoms with Crippen molar-refractivity contribution >= 4 is 22.8 Å². The fraction of sp³-hybridized carbons (Fsp3) is 0.800. The molecule has 1 amide bonds. The van der Waals surface area contributed by atoms with Gasteiger partial charge in [0.1, 0.15) is 0 Å². The van der Waals surface area contributed by atoms with Gasteiger partial charge < -0.3 is 4.90 Å². The first-order valence-electron chi connectivity index (χ1n) is 5.17. The van der Waals surface area contributed by atoms with E-state index in [-0.39, 0.29) is 17.1 Å². The van der Waals surface area contributed by atoms with Crippen LogP contribution in [0, 0.1) is 5.92 Å². The van der Waals surface area contributed by atoms with E-state index >= 15 is 0 Å². The van der Waals surface area contributed by atoms with Crippen molar-refractivity contribution in [3.8, 4) is 0 Å². The zero-order chi connectivity index (χ0) is 10.1. The summed E-state index contributed by atoms with van der Waals surface area (Å²) < 4.78 is 0. The summed E-state index contributed by atoms with van der Waals surface area (Å²) in [6.07, 6.45) is 4.91. The van der Waals surface area contributed by atoms with E-state index in [1.165, 1.54) is 12.8 Å². The molecule has 0 unspecified atom stereocenters. The van der Waals surface area contributed by atoms with E-state index in [0.717, 1.165) is 12.8 Å². The molecule has 1 aliphatic heterocycles. The normalized spacial score (nSPS) is 28.8. The van der Waals surface area contributed by atoms with Gasteiger partial charge in [0.15, 0.2) is 0 Å². The average Bonchev–Trinajstić information content (AvgIpc) is 2.71. The number of likely N-dealkylation sites (tertiary alicyclic amines) is 1. The third-order valence-electron chi connectivity index (χ3n) is 3.24. The minimum absolute atomic E-state index is 0.107. The van der Waals surface area contributed by atoms with Gasteiger partial charge in [-0.25, -0.2) is 0 Å². The lowest BCUT2D eigenvalue weighted by Gasteiger charge is -2.23. The quantitative estimate of drug-likeness (QED) is 0.656. The standard InChI is InChI=1S/C10H14ClNO2/c11-10(14)7-5-9(13)12(6-7)8-3-1-2-4-8/h7-8H,1-6H2/t7-/m1/s1. The molecule has 0 bridgehead atoms. The molecule has 78 valence electrons. The molecule has 0 aromatic heterocycles. The maximum atomic E-state index is 11.6. The third-order valence-corrected chi connectivity index (χ3v) is 3.55. The van der Waals surface area contributed by atoms with E-state index in [1.807, 2.05) is 4.90 Å². The number of carbonyl (C=O) groups is 2. The van der Waals surface area contributed by atoms with Gasteiger partial charge in [-0.1, -0.05) is 12.8 Å². The molecule has 1 aliphatic carbocycles. The smallest absolute Gasteiger partial charge is 0.227 e. The molecule has 2 rings (SSSR count). The second-order valence-corrected chi connectivity index (χ2v) is 4.56. The summed E-state index contributed by atoms with van der Waals surface area (Å²) >= 11 is 5.40. The molecule has 1 saturated carbocycles. The number of nitrogens with zero attached hydrogens (tertiary/aromatic N) is 1. The lowest BCUT2D eigenvalue weighted by atomic mass is 10.1. The summed E-state index contributed by atoms with van der Waals surface area (Å²) in [5, 5.41) is -0.362. The van der Waals surface area contributed by atoms with Crippen molar-refractivity contribution in [2.75, 3.05) is 6.54 Å². The van der Waals surface area contributed by atoms with Crippen LogP contribution in [-0.4, -0.2) is 28.6 Å². The Labute approximate surface area is 88.4 Å². The molecule has 0 N–H and O–H groups in total. The molecule has 2 fully saturated rings. The molecule has 14 heavy (non-hydrogen) atoms. The van der Waals surface area contributed by atoms with Crippen LogP contribution in [0.1, 0.15) is 32.1 Å². The van der Waals surface area contributed by atoms with Crippen LogP contribution in [0.2, 0.25) is 0 Å². The fourth-order valence-electron chi connectivity index (χ4n) is 2.45. The Morgan fingerprint density at radius 3 is 2.50 bits per heavy atom. The highest BCUT2D eigenvalue weighted by Gasteiger charge is 2.37. The van der Waals surface area contributed by atoms with Crippen LogP contribution < -0.4 is 0 Å². The fourth-order valence-corrected chi connectivity index (χ4v) is 2.60. The Balaban J connectivity index is 2.00. The number of halogens is 1. The van der Waals surface area contributed by atoms with Gasteiger partial charge in [0.05, 0.1) is 5.92 Å². The SMILES string of the molecule is O=C(Cl)[C@@H]1CC(=O)N(C2CCCC2)C1. The van der Waals surface area contributed by atoms with Crippen molar-refractivity contribution in [3.05, 3.63) is 0 Å². The van der Waals surface area contributed by atoms with E-state index in [0.29, 0.717) is 19.0 Å². The Bertz CT molecular complexity index is 261. The molecule has 1 atom stereocenters. The Morgan fingerprint density at radius 1 is 1.36 bits per heavy atom. The van der Waals surface area contributed by atoms with Gasteiger partial charge in [-0.3, -0.25) is 9.59 Å². The van der Waals surface area contributed by atoms with E-state index in [1.54, 1.807) is 0 Å². The van der Waals surface area contributed by atoms with Gasteiger partial charge in [-0.2, -0.15) is 0 Å². The summed E-state index contributed by atoms with van der Waals surface area (Å²) in [5.41, 5.74) is 0. The number of carbonyl (C=O) groups excluding carboxylic acids is 2. The molecule has 2 aliphatic rings. The van der Waals surface area contributed by atoms with E-state index in [9.17, 15) is 9.59 Å². The number of amides is 1. The highest BCUT2D eigenvalue weighted by atomic mass is 35.5. The van der Waals surface area contributed by atoms with Crippen LogP contribution in [-0.2, 0) is 9.59 Å². The molecular weight excluding hydrogens is 202 g/mol. The molecule has 0 spiro atoms. The van der Waals surface area contributed by atoms with Crippen molar-refractivity contribution < 1.29 is 9.59 Å². The highest BCUT2D eigenvalue weighted by molar-refractivity contribution is 6.64. The summed E-state index contributed by atoms with van der Waals surface area (Å²) in [5.74, 6) is -0.152. The summed E-state index contributed by atoms with van der Waals surface area (Å²) in [7, 11) is 0. The zero-order valence-electron chi connectivity index (χ0n) is 8.04. The minimum Gasteiger partial charge on any atom is -0.339 e. The van der Waals surface area contributed by atoms with Gasteiger partial charge >= 0.3 is 0 Å². The first kappa shape index (κ1) is 9.97. The molecule has 0 aromatic carbocycles. The molecular formula is C10H14ClNO2. The van der Waals surface area contributed by atoms with Crippen molar-refractivity contribution in [3.63, 3.8) is 0 Å². The first-order valence-corrected chi connectivity index (χ1v) is 5.55. The maximum absolute atomic E-state index is 11.6. The highest BCUT2D eigenvalue weighted by Crippen LogP contribution is 2.30. The molecule has 1 saturated heterocycles. The lowest BCUT2D eigenvalue weighted by Crippen LogP contribution is -2.34. The third kappa shape index (κ3) is 1.78. The lowest BCUT2D eigenvalue weighted by molar-refractivity contribution is -0.129. The minimum atomic E-state index is -0.362. The van der Waals surface area contributed by atoms with Crippen LogP contribution in [0.3, 0.4) is 0 Å². The van der Waals surface area contributed by atoms with Gasteiger partial charge in [0.25, 0.3) is 0 Å². The van der Waals surface area contributed by atoms with Crippen molar-refractivity contribution in [2.24, 2.45) is 5.92 Å². The number of hydrogen-bond donors (Lipinski definition) is 0. The van der Waals surface area contributed by atoms with Gasteiger partial charge in [-0.15, -0.1) is 0 Å². The maximum Gasteiger partial charge on any atom is 0.227 e. The first-order chi connectivity index (χ1) is 6.68. The van der Waals surface area contributed by atoms with Crippen molar-refractivity contribution in [1.29, 1.82) is 0 Å². The Morgan fingerprint density at radius 2 is 2.00 bits per heavy atom. The molecule has 0 aromatic rings.